The Morgan fingerprint density at radius 1 is 1.33 bits per heavy atom. The van der Waals surface area contributed by atoms with Crippen molar-refractivity contribution in [2.75, 3.05) is 13.2 Å². The number of nitrogens with zero attached hydrogens (tertiary/aromatic N) is 3. The topological polar surface area (TPSA) is 41.3 Å². The third-order valence-electron chi connectivity index (χ3n) is 3.46. The van der Waals surface area contributed by atoms with Crippen molar-refractivity contribution < 1.29 is 5.11 Å². The molecule has 0 radical (unpaired) electrons. The van der Waals surface area contributed by atoms with E-state index < -0.39 is 0 Å². The first-order chi connectivity index (χ1) is 8.62. The van der Waals surface area contributed by atoms with Gasteiger partial charge in [-0.2, -0.15) is 5.10 Å². The van der Waals surface area contributed by atoms with Gasteiger partial charge < -0.3 is 5.11 Å². The minimum absolute atomic E-state index is 0.200. The molecular formula is C14H27N3O. The van der Waals surface area contributed by atoms with Crippen LogP contribution in [0.5, 0.6) is 0 Å². The van der Waals surface area contributed by atoms with E-state index in [1.807, 2.05) is 0 Å². The van der Waals surface area contributed by atoms with E-state index in [-0.39, 0.29) is 6.61 Å². The average molecular weight is 253 g/mol. The molecule has 0 atom stereocenters. The first kappa shape index (κ1) is 15.2. The van der Waals surface area contributed by atoms with Crippen LogP contribution in [-0.4, -0.2) is 39.0 Å². The molecule has 0 unspecified atom stereocenters. The summed E-state index contributed by atoms with van der Waals surface area (Å²) in [7, 11) is 0. The number of aliphatic hydroxyl groups excluding tert-OH is 1. The molecule has 0 bridgehead atoms. The summed E-state index contributed by atoms with van der Waals surface area (Å²) in [5, 5.41) is 13.7. The molecule has 0 aliphatic heterocycles. The van der Waals surface area contributed by atoms with Crippen LogP contribution in [0.3, 0.4) is 0 Å². The van der Waals surface area contributed by atoms with Crippen LogP contribution in [0.25, 0.3) is 0 Å². The minimum atomic E-state index is 0.200. The summed E-state index contributed by atoms with van der Waals surface area (Å²) in [4.78, 5) is 2.24. The van der Waals surface area contributed by atoms with Gasteiger partial charge in [-0.25, -0.2) is 0 Å². The highest BCUT2D eigenvalue weighted by atomic mass is 16.3. The zero-order valence-corrected chi connectivity index (χ0v) is 12.1. The number of aromatic nitrogens is 2. The molecule has 0 aliphatic rings. The van der Waals surface area contributed by atoms with Crippen molar-refractivity contribution in [3.8, 4) is 0 Å². The summed E-state index contributed by atoms with van der Waals surface area (Å²) >= 11 is 0. The second kappa shape index (κ2) is 7.54. The van der Waals surface area contributed by atoms with Crippen molar-refractivity contribution in [1.82, 2.24) is 14.7 Å². The van der Waals surface area contributed by atoms with Gasteiger partial charge in [0.2, 0.25) is 0 Å². The molecule has 104 valence electrons. The van der Waals surface area contributed by atoms with Crippen LogP contribution < -0.4 is 0 Å². The van der Waals surface area contributed by atoms with Gasteiger partial charge in [0, 0.05) is 25.3 Å². The maximum atomic E-state index is 9.07. The molecule has 1 rings (SSSR count). The quantitative estimate of drug-likeness (QED) is 0.773. The second-order valence-electron chi connectivity index (χ2n) is 5.05. The molecule has 4 nitrogen and oxygen atoms in total. The SMILES string of the molecule is CCC(CC)n1ccc(CN(CCO)C(C)C)n1. The van der Waals surface area contributed by atoms with E-state index >= 15 is 0 Å². The van der Waals surface area contributed by atoms with Gasteiger partial charge in [0.1, 0.15) is 0 Å². The number of aliphatic hydroxyl groups is 1. The van der Waals surface area contributed by atoms with E-state index in [1.165, 1.54) is 0 Å². The first-order valence-electron chi connectivity index (χ1n) is 7.01. The fraction of sp³-hybridized carbons (Fsp3) is 0.786. The molecule has 1 aromatic heterocycles. The Morgan fingerprint density at radius 3 is 2.50 bits per heavy atom. The molecule has 1 heterocycles. The van der Waals surface area contributed by atoms with E-state index in [4.69, 9.17) is 5.11 Å². The average Bonchev–Trinajstić information content (AvgIpc) is 2.78. The lowest BCUT2D eigenvalue weighted by molar-refractivity contribution is 0.157. The van der Waals surface area contributed by atoms with Crippen molar-refractivity contribution >= 4 is 0 Å². The monoisotopic (exact) mass is 253 g/mol. The lowest BCUT2D eigenvalue weighted by atomic mass is 10.2. The number of rotatable bonds is 8. The van der Waals surface area contributed by atoms with Crippen LogP contribution in [-0.2, 0) is 6.54 Å². The van der Waals surface area contributed by atoms with E-state index in [0.29, 0.717) is 18.6 Å². The maximum Gasteiger partial charge on any atom is 0.0765 e. The van der Waals surface area contributed by atoms with Gasteiger partial charge in [0.25, 0.3) is 0 Å². The van der Waals surface area contributed by atoms with Crippen LogP contribution in [0.15, 0.2) is 12.3 Å². The summed E-state index contributed by atoms with van der Waals surface area (Å²) in [6.07, 6.45) is 4.30. The van der Waals surface area contributed by atoms with Crippen molar-refractivity contribution in [2.24, 2.45) is 0 Å². The Morgan fingerprint density at radius 2 is 2.00 bits per heavy atom. The second-order valence-corrected chi connectivity index (χ2v) is 5.05. The normalized spacial score (nSPS) is 12.0. The highest BCUT2D eigenvalue weighted by Crippen LogP contribution is 2.15. The molecule has 0 aromatic carbocycles. The van der Waals surface area contributed by atoms with Crippen LogP contribution in [0, 0.1) is 0 Å². The van der Waals surface area contributed by atoms with Crippen LogP contribution >= 0.6 is 0 Å². The molecule has 0 saturated heterocycles. The lowest BCUT2D eigenvalue weighted by Gasteiger charge is -2.24. The van der Waals surface area contributed by atoms with Gasteiger partial charge in [0.05, 0.1) is 18.3 Å². The molecule has 0 saturated carbocycles. The smallest absolute Gasteiger partial charge is 0.0765 e. The molecule has 0 amide bonds. The van der Waals surface area contributed by atoms with Crippen LogP contribution in [0.4, 0.5) is 0 Å². The summed E-state index contributed by atoms with van der Waals surface area (Å²) in [5.41, 5.74) is 1.09. The number of hydrogen-bond acceptors (Lipinski definition) is 3. The third kappa shape index (κ3) is 4.10. The van der Waals surface area contributed by atoms with Crippen LogP contribution in [0.1, 0.15) is 52.3 Å². The molecule has 18 heavy (non-hydrogen) atoms. The van der Waals surface area contributed by atoms with E-state index in [2.05, 4.69) is 54.6 Å². The Kier molecular flexibility index (Phi) is 6.36. The Hall–Kier alpha value is -0.870. The van der Waals surface area contributed by atoms with Crippen molar-refractivity contribution in [2.45, 2.75) is 59.2 Å². The third-order valence-corrected chi connectivity index (χ3v) is 3.46. The minimum Gasteiger partial charge on any atom is -0.395 e. The molecule has 4 heteroatoms. The molecular weight excluding hydrogens is 226 g/mol. The van der Waals surface area contributed by atoms with Gasteiger partial charge >= 0.3 is 0 Å². The van der Waals surface area contributed by atoms with E-state index in [1.54, 1.807) is 0 Å². The summed E-state index contributed by atoms with van der Waals surface area (Å²) in [6, 6.07) is 3.02. The molecule has 1 aromatic rings. The van der Waals surface area contributed by atoms with Gasteiger partial charge in [-0.05, 0) is 32.8 Å². The van der Waals surface area contributed by atoms with E-state index in [0.717, 1.165) is 25.1 Å². The highest BCUT2D eigenvalue weighted by Gasteiger charge is 2.13. The molecule has 0 spiro atoms. The highest BCUT2D eigenvalue weighted by molar-refractivity contribution is 5.00. The zero-order valence-electron chi connectivity index (χ0n) is 12.1. The first-order valence-corrected chi connectivity index (χ1v) is 7.01. The van der Waals surface area contributed by atoms with Crippen LogP contribution in [0.2, 0.25) is 0 Å². The standard InChI is InChI=1S/C14H27N3O/c1-5-14(6-2)17-8-7-13(15-17)11-16(9-10-18)12(3)4/h7-8,12,14,18H,5-6,9-11H2,1-4H3. The van der Waals surface area contributed by atoms with Crippen molar-refractivity contribution in [1.29, 1.82) is 0 Å². The summed E-state index contributed by atoms with van der Waals surface area (Å²) in [6.45, 7) is 10.4. The van der Waals surface area contributed by atoms with Gasteiger partial charge in [-0.1, -0.05) is 13.8 Å². The predicted molar refractivity (Wildman–Crippen MR) is 74.5 cm³/mol. The fourth-order valence-corrected chi connectivity index (χ4v) is 2.18. The van der Waals surface area contributed by atoms with Gasteiger partial charge in [0.15, 0.2) is 0 Å². The molecule has 0 aliphatic carbocycles. The molecule has 1 N–H and O–H groups in total. The fourth-order valence-electron chi connectivity index (χ4n) is 2.18. The summed E-state index contributed by atoms with van der Waals surface area (Å²) < 4.78 is 2.08. The number of hydrogen-bond donors (Lipinski definition) is 1. The predicted octanol–water partition coefficient (Wildman–Crippen LogP) is 2.45. The maximum absolute atomic E-state index is 9.07. The lowest BCUT2D eigenvalue weighted by Crippen LogP contribution is -2.33. The van der Waals surface area contributed by atoms with Crippen molar-refractivity contribution in [3.63, 3.8) is 0 Å². The largest absolute Gasteiger partial charge is 0.395 e. The van der Waals surface area contributed by atoms with Crippen molar-refractivity contribution in [3.05, 3.63) is 18.0 Å². The van der Waals surface area contributed by atoms with Gasteiger partial charge in [-0.3, -0.25) is 9.58 Å². The Labute approximate surface area is 111 Å². The van der Waals surface area contributed by atoms with E-state index in [9.17, 15) is 0 Å². The Bertz CT molecular complexity index is 332. The molecule has 0 fully saturated rings. The van der Waals surface area contributed by atoms with Gasteiger partial charge in [-0.15, -0.1) is 0 Å². The summed E-state index contributed by atoms with van der Waals surface area (Å²) in [5.74, 6) is 0. The zero-order chi connectivity index (χ0) is 13.5. The Balaban J connectivity index is 2.67.